The third-order valence-corrected chi connectivity index (χ3v) is 8.70. The average Bonchev–Trinajstić information content (AvgIpc) is 3.25. The van der Waals surface area contributed by atoms with E-state index in [4.69, 9.17) is 9.97 Å². The highest BCUT2D eigenvalue weighted by molar-refractivity contribution is 7.19. The summed E-state index contributed by atoms with van der Waals surface area (Å²) < 4.78 is 0. The van der Waals surface area contributed by atoms with Crippen molar-refractivity contribution in [2.45, 2.75) is 46.0 Å². The van der Waals surface area contributed by atoms with Crippen LogP contribution < -0.4 is 4.90 Å². The summed E-state index contributed by atoms with van der Waals surface area (Å²) in [6.45, 7) is 9.68. The second kappa shape index (κ2) is 8.90. The number of benzene rings is 2. The Labute approximate surface area is 210 Å². The highest BCUT2D eigenvalue weighted by Gasteiger charge is 2.29. The first kappa shape index (κ1) is 22.5. The van der Waals surface area contributed by atoms with Gasteiger partial charge < -0.3 is 9.80 Å². The van der Waals surface area contributed by atoms with Crippen LogP contribution in [-0.2, 0) is 12.8 Å². The Morgan fingerprint density at radius 1 is 1.03 bits per heavy atom. The molecule has 0 radical (unpaired) electrons. The summed E-state index contributed by atoms with van der Waals surface area (Å²) in [6, 6.07) is 14.2. The number of hydrogen-bond donors (Lipinski definition) is 0. The minimum absolute atomic E-state index is 0.124. The number of piperazine rings is 1. The zero-order valence-corrected chi connectivity index (χ0v) is 21.6. The molecule has 1 atom stereocenters. The van der Waals surface area contributed by atoms with E-state index in [-0.39, 0.29) is 11.8 Å². The van der Waals surface area contributed by atoms with E-state index >= 15 is 0 Å². The molecule has 35 heavy (non-hydrogen) atoms. The van der Waals surface area contributed by atoms with E-state index in [0.717, 1.165) is 64.7 Å². The van der Waals surface area contributed by atoms with Gasteiger partial charge in [-0.25, -0.2) is 9.97 Å². The molecule has 6 rings (SSSR count). The predicted molar refractivity (Wildman–Crippen MR) is 145 cm³/mol. The van der Waals surface area contributed by atoms with Crippen LogP contribution in [-0.4, -0.2) is 47.0 Å². The predicted octanol–water partition coefficient (Wildman–Crippen LogP) is 6.06. The van der Waals surface area contributed by atoms with Crippen molar-refractivity contribution in [3.63, 3.8) is 0 Å². The van der Waals surface area contributed by atoms with Gasteiger partial charge in [0, 0.05) is 42.5 Å². The molecular weight excluding hydrogens is 452 g/mol. The maximum absolute atomic E-state index is 13.5. The van der Waals surface area contributed by atoms with Crippen molar-refractivity contribution in [3.8, 4) is 0 Å². The number of hydrogen-bond acceptors (Lipinski definition) is 5. The van der Waals surface area contributed by atoms with Gasteiger partial charge in [-0.15, -0.1) is 11.3 Å². The summed E-state index contributed by atoms with van der Waals surface area (Å²) in [5.74, 6) is 3.15. The van der Waals surface area contributed by atoms with Crippen molar-refractivity contribution in [2.24, 2.45) is 5.92 Å². The van der Waals surface area contributed by atoms with Gasteiger partial charge in [-0.2, -0.15) is 0 Å². The van der Waals surface area contributed by atoms with Crippen LogP contribution in [0.15, 0.2) is 42.5 Å². The van der Waals surface area contributed by atoms with E-state index in [9.17, 15) is 4.79 Å². The van der Waals surface area contributed by atoms with Crippen molar-refractivity contribution in [1.29, 1.82) is 0 Å². The van der Waals surface area contributed by atoms with Crippen molar-refractivity contribution in [2.75, 3.05) is 31.1 Å². The first-order valence-corrected chi connectivity index (χ1v) is 13.7. The maximum atomic E-state index is 13.5. The largest absolute Gasteiger partial charge is 0.352 e. The lowest BCUT2D eigenvalue weighted by atomic mass is 9.89. The second-order valence-corrected chi connectivity index (χ2v) is 11.5. The third-order valence-electron chi connectivity index (χ3n) is 7.56. The Morgan fingerprint density at radius 3 is 2.60 bits per heavy atom. The molecule has 1 fully saturated rings. The summed E-state index contributed by atoms with van der Waals surface area (Å²) >= 11 is 1.87. The Kier molecular flexibility index (Phi) is 5.72. The molecule has 1 amide bonds. The Morgan fingerprint density at radius 2 is 1.80 bits per heavy atom. The van der Waals surface area contributed by atoms with Crippen LogP contribution in [0.5, 0.6) is 0 Å². The fraction of sp³-hybridized carbons (Fsp3) is 0.414. The molecule has 1 aliphatic carbocycles. The maximum Gasteiger partial charge on any atom is 0.254 e. The molecule has 0 saturated carbocycles. The quantitative estimate of drug-likeness (QED) is 0.355. The minimum Gasteiger partial charge on any atom is -0.352 e. The zero-order chi connectivity index (χ0) is 24.1. The van der Waals surface area contributed by atoms with E-state index < -0.39 is 0 Å². The molecule has 0 N–H and O–H groups in total. The lowest BCUT2D eigenvalue weighted by molar-refractivity contribution is 0.0748. The van der Waals surface area contributed by atoms with Gasteiger partial charge in [-0.1, -0.05) is 57.2 Å². The highest BCUT2D eigenvalue weighted by atomic mass is 32.1. The summed E-state index contributed by atoms with van der Waals surface area (Å²) in [5, 5.41) is 3.41. The zero-order valence-electron chi connectivity index (χ0n) is 20.8. The van der Waals surface area contributed by atoms with Crippen molar-refractivity contribution in [1.82, 2.24) is 14.9 Å². The van der Waals surface area contributed by atoms with E-state index in [1.54, 1.807) is 0 Å². The molecule has 1 aliphatic heterocycles. The number of thiophene rings is 1. The summed E-state index contributed by atoms with van der Waals surface area (Å²) in [5.41, 5.74) is 2.27. The van der Waals surface area contributed by atoms with Gasteiger partial charge in [0.2, 0.25) is 0 Å². The van der Waals surface area contributed by atoms with Crippen LogP contribution in [0.4, 0.5) is 5.82 Å². The molecule has 4 aromatic rings. The number of nitrogens with zero attached hydrogens (tertiary/aromatic N) is 4. The molecular formula is C29H32N4OS. The lowest BCUT2D eigenvalue weighted by Gasteiger charge is -2.36. The number of carbonyl (C=O) groups excluding carboxylic acids is 1. The molecule has 2 aromatic heterocycles. The summed E-state index contributed by atoms with van der Waals surface area (Å²) in [4.78, 5) is 30.6. The van der Waals surface area contributed by atoms with E-state index in [1.165, 1.54) is 22.2 Å². The molecule has 1 unspecified atom stereocenters. The number of aryl methyl sites for hydroxylation is 1. The van der Waals surface area contributed by atoms with Crippen LogP contribution in [0.1, 0.15) is 59.7 Å². The SMILES string of the molecule is CC1CCc2c(sc3nc(C(C)C)nc(N4CCN(C(=O)c5cccc6ccccc56)CC4)c23)C1. The number of rotatable bonds is 3. The summed E-state index contributed by atoms with van der Waals surface area (Å²) in [6.07, 6.45) is 3.51. The van der Waals surface area contributed by atoms with Crippen LogP contribution in [0, 0.1) is 5.92 Å². The molecule has 180 valence electrons. The molecule has 0 bridgehead atoms. The first-order valence-electron chi connectivity index (χ1n) is 12.8. The van der Waals surface area contributed by atoms with E-state index in [0.29, 0.717) is 13.1 Å². The monoisotopic (exact) mass is 484 g/mol. The molecule has 3 heterocycles. The molecule has 2 aromatic carbocycles. The Bertz CT molecular complexity index is 1410. The van der Waals surface area contributed by atoms with Gasteiger partial charge in [-0.05, 0) is 47.6 Å². The summed E-state index contributed by atoms with van der Waals surface area (Å²) in [7, 11) is 0. The Balaban J connectivity index is 1.30. The first-order chi connectivity index (χ1) is 17.0. The highest BCUT2D eigenvalue weighted by Crippen LogP contribution is 2.41. The number of aromatic nitrogens is 2. The van der Waals surface area contributed by atoms with E-state index in [1.807, 2.05) is 46.6 Å². The van der Waals surface area contributed by atoms with Crippen molar-refractivity contribution in [3.05, 3.63) is 64.3 Å². The van der Waals surface area contributed by atoms with Gasteiger partial charge in [-0.3, -0.25) is 4.79 Å². The Hall–Kier alpha value is -2.99. The molecule has 0 spiro atoms. The molecule has 1 saturated heterocycles. The number of fused-ring (bicyclic) bond motifs is 4. The molecule has 6 heteroatoms. The van der Waals surface area contributed by atoms with Crippen LogP contribution in [0.25, 0.3) is 21.0 Å². The number of anilines is 1. The van der Waals surface area contributed by atoms with Gasteiger partial charge >= 0.3 is 0 Å². The van der Waals surface area contributed by atoms with Gasteiger partial charge in [0.05, 0.1) is 5.39 Å². The third kappa shape index (κ3) is 3.98. The standard InChI is InChI=1S/C29H32N4OS/c1-18(2)26-30-27(25-23-12-11-19(3)17-24(23)35-28(25)31-26)32-13-15-33(16-14-32)29(34)22-10-6-8-20-7-4-5-9-21(20)22/h4-10,18-19H,11-17H2,1-3H3. The van der Waals surface area contributed by atoms with Gasteiger partial charge in [0.25, 0.3) is 5.91 Å². The molecule has 5 nitrogen and oxygen atoms in total. The average molecular weight is 485 g/mol. The van der Waals surface area contributed by atoms with Crippen molar-refractivity contribution < 1.29 is 4.79 Å². The topological polar surface area (TPSA) is 49.3 Å². The van der Waals surface area contributed by atoms with Crippen LogP contribution >= 0.6 is 11.3 Å². The second-order valence-electron chi connectivity index (χ2n) is 10.4. The normalized spacial score (nSPS) is 18.5. The molecule has 2 aliphatic rings. The lowest BCUT2D eigenvalue weighted by Crippen LogP contribution is -2.49. The fourth-order valence-electron chi connectivity index (χ4n) is 5.53. The van der Waals surface area contributed by atoms with Crippen LogP contribution in [0.2, 0.25) is 0 Å². The fourth-order valence-corrected chi connectivity index (χ4v) is 6.91. The smallest absolute Gasteiger partial charge is 0.254 e. The number of amides is 1. The van der Waals surface area contributed by atoms with Crippen LogP contribution in [0.3, 0.4) is 0 Å². The van der Waals surface area contributed by atoms with Crippen molar-refractivity contribution >= 4 is 44.1 Å². The van der Waals surface area contributed by atoms with Gasteiger partial charge in [0.15, 0.2) is 0 Å². The number of carbonyl (C=O) groups is 1. The minimum atomic E-state index is 0.124. The van der Waals surface area contributed by atoms with Gasteiger partial charge in [0.1, 0.15) is 16.5 Å². The van der Waals surface area contributed by atoms with E-state index in [2.05, 4.69) is 37.8 Å².